The van der Waals surface area contributed by atoms with Crippen molar-refractivity contribution in [2.24, 2.45) is 11.7 Å². The van der Waals surface area contributed by atoms with E-state index in [0.717, 1.165) is 0 Å². The van der Waals surface area contributed by atoms with E-state index in [1.54, 1.807) is 31.7 Å². The van der Waals surface area contributed by atoms with E-state index < -0.39 is 29.7 Å². The van der Waals surface area contributed by atoms with Crippen molar-refractivity contribution in [2.75, 3.05) is 6.54 Å². The largest absolute Gasteiger partial charge is 0.480 e. The van der Waals surface area contributed by atoms with Gasteiger partial charge in [0.1, 0.15) is 11.6 Å². The molecule has 122 valence electrons. The van der Waals surface area contributed by atoms with Crippen molar-refractivity contribution < 1.29 is 19.4 Å². The zero-order valence-corrected chi connectivity index (χ0v) is 13.8. The number of nitrogens with two attached hydrogens (primary N) is 1. The average Bonchev–Trinajstić information content (AvgIpc) is 2.99. The Morgan fingerprint density at radius 3 is 2.68 bits per heavy atom. The van der Waals surface area contributed by atoms with E-state index >= 15 is 0 Å². The lowest BCUT2D eigenvalue weighted by molar-refractivity contribution is -0.161. The third-order valence-electron chi connectivity index (χ3n) is 3.58. The molecule has 3 atom stereocenters. The molecule has 0 amide bonds. The number of esters is 1. The third-order valence-corrected chi connectivity index (χ3v) is 4.51. The van der Waals surface area contributed by atoms with Gasteiger partial charge in [-0.1, -0.05) is 6.07 Å². The Labute approximate surface area is 133 Å². The Morgan fingerprint density at radius 1 is 1.50 bits per heavy atom. The molecule has 0 aliphatic carbocycles. The number of thiophene rings is 1. The standard InChI is InChI=1S/C15H22N2O4S/c1-15(2,3)21-14(20)9-6-7-17(12(9)16)11(13(18)19)10-5-4-8-22-10/h4-5,8-9,11-12H,6-7,16H2,1-3H3,(H,18,19)/t9-,11+,12+/m0/s1. The Hall–Kier alpha value is -1.44. The highest BCUT2D eigenvalue weighted by Gasteiger charge is 2.44. The van der Waals surface area contributed by atoms with Crippen LogP contribution >= 0.6 is 11.3 Å². The number of aliphatic carboxylic acids is 1. The van der Waals surface area contributed by atoms with Gasteiger partial charge in [-0.2, -0.15) is 0 Å². The van der Waals surface area contributed by atoms with Gasteiger partial charge in [-0.05, 0) is 38.6 Å². The van der Waals surface area contributed by atoms with Crippen molar-refractivity contribution in [3.8, 4) is 0 Å². The summed E-state index contributed by atoms with van der Waals surface area (Å²) >= 11 is 1.37. The second-order valence-corrected chi connectivity index (χ2v) is 7.39. The molecule has 1 saturated heterocycles. The molecule has 0 saturated carbocycles. The first kappa shape index (κ1) is 16.9. The lowest BCUT2D eigenvalue weighted by Crippen LogP contribution is -2.47. The smallest absolute Gasteiger partial charge is 0.326 e. The van der Waals surface area contributed by atoms with Gasteiger partial charge in [-0.3, -0.25) is 14.5 Å². The molecular formula is C15H22N2O4S. The van der Waals surface area contributed by atoms with Crippen LogP contribution in [0.25, 0.3) is 0 Å². The number of carboxylic acid groups (broad SMARTS) is 1. The minimum atomic E-state index is -0.956. The molecule has 0 unspecified atom stereocenters. The molecule has 1 aromatic heterocycles. The van der Waals surface area contributed by atoms with Crippen LogP contribution in [0.5, 0.6) is 0 Å². The molecule has 1 fully saturated rings. The molecule has 1 aromatic rings. The molecule has 0 radical (unpaired) electrons. The van der Waals surface area contributed by atoms with Gasteiger partial charge < -0.3 is 15.6 Å². The first-order valence-electron chi connectivity index (χ1n) is 7.21. The molecule has 22 heavy (non-hydrogen) atoms. The number of carbonyl (C=O) groups excluding carboxylic acids is 1. The summed E-state index contributed by atoms with van der Waals surface area (Å²) in [6.45, 7) is 5.86. The van der Waals surface area contributed by atoms with Crippen LogP contribution in [0.1, 0.15) is 38.1 Å². The number of carbonyl (C=O) groups is 2. The number of rotatable bonds is 4. The molecule has 2 rings (SSSR count). The zero-order valence-electron chi connectivity index (χ0n) is 13.0. The molecule has 3 N–H and O–H groups in total. The van der Waals surface area contributed by atoms with Gasteiger partial charge in [-0.25, -0.2) is 0 Å². The van der Waals surface area contributed by atoms with E-state index in [2.05, 4.69) is 0 Å². The highest BCUT2D eigenvalue weighted by molar-refractivity contribution is 7.10. The number of carboxylic acids is 1. The number of hydrogen-bond acceptors (Lipinski definition) is 6. The van der Waals surface area contributed by atoms with E-state index in [0.29, 0.717) is 17.8 Å². The van der Waals surface area contributed by atoms with Gasteiger partial charge in [-0.15, -0.1) is 11.3 Å². The van der Waals surface area contributed by atoms with Crippen molar-refractivity contribution >= 4 is 23.3 Å². The van der Waals surface area contributed by atoms with Crippen molar-refractivity contribution in [1.29, 1.82) is 0 Å². The van der Waals surface area contributed by atoms with E-state index in [1.165, 1.54) is 11.3 Å². The first-order valence-corrected chi connectivity index (χ1v) is 8.09. The van der Waals surface area contributed by atoms with Crippen molar-refractivity contribution in [3.63, 3.8) is 0 Å². The normalized spacial score (nSPS) is 24.2. The molecule has 1 aliphatic heterocycles. The number of ether oxygens (including phenoxy) is 1. The second-order valence-electron chi connectivity index (χ2n) is 6.41. The van der Waals surface area contributed by atoms with Crippen LogP contribution in [0.3, 0.4) is 0 Å². The quantitative estimate of drug-likeness (QED) is 0.820. The number of hydrogen-bond donors (Lipinski definition) is 2. The predicted octanol–water partition coefficient (Wildman–Crippen LogP) is 1.82. The third kappa shape index (κ3) is 3.66. The van der Waals surface area contributed by atoms with Gasteiger partial charge >= 0.3 is 11.9 Å². The fourth-order valence-corrected chi connectivity index (χ4v) is 3.49. The molecule has 0 aromatic carbocycles. The van der Waals surface area contributed by atoms with Gasteiger partial charge in [0.15, 0.2) is 0 Å². The monoisotopic (exact) mass is 326 g/mol. The topological polar surface area (TPSA) is 92.9 Å². The molecule has 0 bridgehead atoms. The summed E-state index contributed by atoms with van der Waals surface area (Å²) in [5.41, 5.74) is 5.57. The van der Waals surface area contributed by atoms with Gasteiger partial charge in [0.05, 0.1) is 12.1 Å². The SMILES string of the molecule is CC(C)(C)OC(=O)[C@H]1CCN([C@@H](C(=O)O)c2cccs2)[C@H]1N. The summed E-state index contributed by atoms with van der Waals surface area (Å²) in [6.07, 6.45) is -0.149. The van der Waals surface area contributed by atoms with Gasteiger partial charge in [0.2, 0.25) is 0 Å². The van der Waals surface area contributed by atoms with Crippen molar-refractivity contribution in [3.05, 3.63) is 22.4 Å². The predicted molar refractivity (Wildman–Crippen MR) is 83.3 cm³/mol. The van der Waals surface area contributed by atoms with Crippen LogP contribution in [-0.4, -0.2) is 40.3 Å². The van der Waals surface area contributed by atoms with Crippen LogP contribution in [0, 0.1) is 5.92 Å². The van der Waals surface area contributed by atoms with Gasteiger partial charge in [0, 0.05) is 11.4 Å². The zero-order chi connectivity index (χ0) is 16.5. The lowest BCUT2D eigenvalue weighted by Gasteiger charge is -2.29. The molecule has 1 aliphatic rings. The van der Waals surface area contributed by atoms with E-state index in [1.807, 2.05) is 11.4 Å². The minimum Gasteiger partial charge on any atom is -0.480 e. The summed E-state index contributed by atoms with van der Waals surface area (Å²) in [6, 6.07) is 2.77. The van der Waals surface area contributed by atoms with E-state index in [-0.39, 0.29) is 5.97 Å². The van der Waals surface area contributed by atoms with Crippen LogP contribution in [0.2, 0.25) is 0 Å². The molecule has 7 heteroatoms. The van der Waals surface area contributed by atoms with Crippen LogP contribution in [0.4, 0.5) is 0 Å². The van der Waals surface area contributed by atoms with E-state index in [4.69, 9.17) is 10.5 Å². The van der Waals surface area contributed by atoms with Crippen LogP contribution < -0.4 is 5.73 Å². The summed E-state index contributed by atoms with van der Waals surface area (Å²) in [7, 11) is 0. The summed E-state index contributed by atoms with van der Waals surface area (Å²) in [5, 5.41) is 11.4. The summed E-state index contributed by atoms with van der Waals surface area (Å²) < 4.78 is 5.38. The maximum absolute atomic E-state index is 12.2. The summed E-state index contributed by atoms with van der Waals surface area (Å²) in [5.74, 6) is -1.82. The van der Waals surface area contributed by atoms with Crippen LogP contribution in [0.15, 0.2) is 17.5 Å². The molecule has 0 spiro atoms. The highest BCUT2D eigenvalue weighted by Crippen LogP contribution is 2.34. The fraction of sp³-hybridized carbons (Fsp3) is 0.600. The Balaban J connectivity index is 2.14. The van der Waals surface area contributed by atoms with E-state index in [9.17, 15) is 14.7 Å². The number of nitrogens with zero attached hydrogens (tertiary/aromatic N) is 1. The maximum atomic E-state index is 12.2. The molecule has 2 heterocycles. The maximum Gasteiger partial charge on any atom is 0.326 e. The Kier molecular flexibility index (Phi) is 4.89. The highest BCUT2D eigenvalue weighted by atomic mass is 32.1. The second kappa shape index (κ2) is 6.36. The lowest BCUT2D eigenvalue weighted by atomic mass is 10.1. The summed E-state index contributed by atoms with van der Waals surface area (Å²) in [4.78, 5) is 26.2. The molecular weight excluding hydrogens is 304 g/mol. The minimum absolute atomic E-state index is 0.363. The van der Waals surface area contributed by atoms with Gasteiger partial charge in [0.25, 0.3) is 0 Å². The average molecular weight is 326 g/mol. The Bertz CT molecular complexity index is 538. The first-order chi connectivity index (χ1) is 10.2. The molecule has 6 nitrogen and oxygen atoms in total. The van der Waals surface area contributed by atoms with Crippen LogP contribution in [-0.2, 0) is 14.3 Å². The Morgan fingerprint density at radius 2 is 2.18 bits per heavy atom. The van der Waals surface area contributed by atoms with Crippen molar-refractivity contribution in [1.82, 2.24) is 4.90 Å². The fourth-order valence-electron chi connectivity index (χ4n) is 2.65. The van der Waals surface area contributed by atoms with Crippen molar-refractivity contribution in [2.45, 2.75) is 45.0 Å². The number of likely N-dealkylation sites (tertiary alicyclic amines) is 1.